The Hall–Kier alpha value is -2.00. The number of alkyl halides is 3. The summed E-state index contributed by atoms with van der Waals surface area (Å²) in [6.07, 6.45) is -3.33. The number of hydrogen-bond acceptors (Lipinski definition) is 2. The molecule has 1 aromatic carbocycles. The second-order valence-electron chi connectivity index (χ2n) is 4.09. The maximum absolute atomic E-state index is 12.5. The Kier molecular flexibility index (Phi) is 4.86. The van der Waals surface area contributed by atoms with E-state index >= 15 is 0 Å². The molecular weight excluding hydrogens is 345 g/mol. The van der Waals surface area contributed by atoms with Crippen LogP contribution in [-0.4, -0.2) is 11.5 Å². The summed E-state index contributed by atoms with van der Waals surface area (Å²) < 4.78 is 38.4. The lowest BCUT2D eigenvalue weighted by Crippen LogP contribution is -2.09. The van der Waals surface area contributed by atoms with Gasteiger partial charge in [-0.3, -0.25) is 4.98 Å². The summed E-state index contributed by atoms with van der Waals surface area (Å²) in [7, 11) is 0. The number of halogens is 4. The lowest BCUT2D eigenvalue weighted by atomic mass is 10.2. The van der Waals surface area contributed by atoms with Crippen molar-refractivity contribution in [1.82, 2.24) is 4.98 Å². The Morgan fingerprint density at radius 1 is 1.14 bits per heavy atom. The zero-order valence-corrected chi connectivity index (χ0v) is 12.3. The molecule has 0 unspecified atom stereocenters. The van der Waals surface area contributed by atoms with Gasteiger partial charge in [-0.2, -0.15) is 13.2 Å². The molecule has 1 aromatic heterocycles. The highest BCUT2D eigenvalue weighted by Crippen LogP contribution is 2.28. The fourth-order valence-electron chi connectivity index (χ4n) is 1.52. The van der Waals surface area contributed by atoms with E-state index in [1.54, 1.807) is 0 Å². The molecule has 21 heavy (non-hydrogen) atoms. The summed E-state index contributed by atoms with van der Waals surface area (Å²) in [5, 5.41) is 2.82. The van der Waals surface area contributed by atoms with E-state index in [1.165, 1.54) is 6.07 Å². The number of hydrogen-bond donors (Lipinski definition) is 1. The van der Waals surface area contributed by atoms with E-state index < -0.39 is 11.9 Å². The van der Waals surface area contributed by atoms with Crippen LogP contribution in [0.1, 0.15) is 11.3 Å². The fraction of sp³-hybridized carbons (Fsp3) is 0.133. The molecule has 0 bridgehead atoms. The SMILES string of the molecule is FC(F)(F)c1cc(NCC#Cc2ccc(Br)cc2)ccn1. The average molecular weight is 355 g/mol. The average Bonchev–Trinajstić information content (AvgIpc) is 2.45. The fourth-order valence-corrected chi connectivity index (χ4v) is 1.79. The van der Waals surface area contributed by atoms with Crippen LogP contribution in [0, 0.1) is 11.8 Å². The summed E-state index contributed by atoms with van der Waals surface area (Å²) in [5.41, 5.74) is 0.251. The van der Waals surface area contributed by atoms with Crippen molar-refractivity contribution in [2.45, 2.75) is 6.18 Å². The second-order valence-corrected chi connectivity index (χ2v) is 5.01. The molecule has 0 saturated carbocycles. The summed E-state index contributed by atoms with van der Waals surface area (Å²) in [4.78, 5) is 3.29. The molecule has 0 aliphatic carbocycles. The standard InChI is InChI=1S/C15H10BrF3N2/c16-12-5-3-11(4-6-12)2-1-8-20-13-7-9-21-14(10-13)15(17,18)19/h3-7,9-10H,8H2,(H,20,21). The van der Waals surface area contributed by atoms with Crippen LogP contribution in [0.2, 0.25) is 0 Å². The zero-order valence-electron chi connectivity index (χ0n) is 10.7. The smallest absolute Gasteiger partial charge is 0.374 e. The molecule has 0 radical (unpaired) electrons. The van der Waals surface area contributed by atoms with Crippen LogP contribution in [0.15, 0.2) is 47.1 Å². The van der Waals surface area contributed by atoms with Gasteiger partial charge in [0.1, 0.15) is 5.69 Å². The first kappa shape index (κ1) is 15.4. The molecule has 1 N–H and O–H groups in total. The van der Waals surface area contributed by atoms with Crippen molar-refractivity contribution < 1.29 is 13.2 Å². The first-order chi connectivity index (χ1) is 9.95. The number of benzene rings is 1. The van der Waals surface area contributed by atoms with E-state index in [0.29, 0.717) is 5.69 Å². The summed E-state index contributed by atoms with van der Waals surface area (Å²) >= 11 is 3.32. The molecule has 0 atom stereocenters. The Morgan fingerprint density at radius 2 is 1.86 bits per heavy atom. The third-order valence-electron chi connectivity index (χ3n) is 2.51. The van der Waals surface area contributed by atoms with Crippen LogP contribution in [-0.2, 0) is 6.18 Å². The summed E-state index contributed by atoms with van der Waals surface area (Å²) in [5.74, 6) is 5.77. The minimum absolute atomic E-state index is 0.247. The number of aromatic nitrogens is 1. The maximum atomic E-state index is 12.5. The van der Waals surface area contributed by atoms with Crippen molar-refractivity contribution in [2.75, 3.05) is 11.9 Å². The van der Waals surface area contributed by atoms with Gasteiger partial charge in [0, 0.05) is 21.9 Å². The monoisotopic (exact) mass is 354 g/mol. The van der Waals surface area contributed by atoms with Crippen molar-refractivity contribution in [3.05, 3.63) is 58.3 Å². The van der Waals surface area contributed by atoms with Gasteiger partial charge in [0.15, 0.2) is 0 Å². The predicted molar refractivity (Wildman–Crippen MR) is 78.7 cm³/mol. The molecule has 1 heterocycles. The van der Waals surface area contributed by atoms with Gasteiger partial charge in [0.2, 0.25) is 0 Å². The van der Waals surface area contributed by atoms with Crippen molar-refractivity contribution in [3.8, 4) is 11.8 Å². The first-order valence-electron chi connectivity index (χ1n) is 5.97. The second kappa shape index (κ2) is 6.64. The number of pyridine rings is 1. The molecule has 6 heteroatoms. The molecule has 108 valence electrons. The van der Waals surface area contributed by atoms with Gasteiger partial charge >= 0.3 is 6.18 Å². The van der Waals surface area contributed by atoms with E-state index in [-0.39, 0.29) is 6.54 Å². The van der Waals surface area contributed by atoms with Crippen molar-refractivity contribution in [1.29, 1.82) is 0 Å². The molecule has 2 rings (SSSR count). The van der Waals surface area contributed by atoms with Crippen LogP contribution in [0.5, 0.6) is 0 Å². The van der Waals surface area contributed by atoms with Crippen LogP contribution in [0.3, 0.4) is 0 Å². The lowest BCUT2D eigenvalue weighted by molar-refractivity contribution is -0.141. The maximum Gasteiger partial charge on any atom is 0.433 e. The Bertz CT molecular complexity index is 670. The molecule has 0 spiro atoms. The molecule has 0 fully saturated rings. The van der Waals surface area contributed by atoms with Crippen molar-refractivity contribution in [3.63, 3.8) is 0 Å². The number of anilines is 1. The van der Waals surface area contributed by atoms with Gasteiger partial charge in [0.05, 0.1) is 6.54 Å². The molecule has 0 amide bonds. The quantitative estimate of drug-likeness (QED) is 0.812. The third-order valence-corrected chi connectivity index (χ3v) is 3.04. The predicted octanol–water partition coefficient (Wildman–Crippen LogP) is 4.33. The molecule has 0 aliphatic rings. The van der Waals surface area contributed by atoms with Gasteiger partial charge in [-0.15, -0.1) is 0 Å². The normalized spacial score (nSPS) is 10.7. The Labute approximate surface area is 128 Å². The Morgan fingerprint density at radius 3 is 2.52 bits per heavy atom. The third kappa shape index (κ3) is 4.80. The van der Waals surface area contributed by atoms with Gasteiger partial charge < -0.3 is 5.32 Å². The highest BCUT2D eigenvalue weighted by molar-refractivity contribution is 9.10. The molecule has 0 saturated heterocycles. The van der Waals surface area contributed by atoms with Crippen LogP contribution in [0.4, 0.5) is 18.9 Å². The number of nitrogens with one attached hydrogen (secondary N) is 1. The highest BCUT2D eigenvalue weighted by Gasteiger charge is 2.32. The molecular formula is C15H10BrF3N2. The van der Waals surface area contributed by atoms with Gasteiger partial charge in [-0.05, 0) is 36.4 Å². The number of nitrogens with zero attached hydrogens (tertiary/aromatic N) is 1. The van der Waals surface area contributed by atoms with Crippen molar-refractivity contribution >= 4 is 21.6 Å². The molecule has 0 aliphatic heterocycles. The largest absolute Gasteiger partial charge is 0.433 e. The van der Waals surface area contributed by atoms with Gasteiger partial charge in [0.25, 0.3) is 0 Å². The Balaban J connectivity index is 1.97. The summed E-state index contributed by atoms with van der Waals surface area (Å²) in [6, 6.07) is 9.88. The lowest BCUT2D eigenvalue weighted by Gasteiger charge is -2.07. The van der Waals surface area contributed by atoms with Crippen LogP contribution in [0.25, 0.3) is 0 Å². The van der Waals surface area contributed by atoms with E-state index in [1.807, 2.05) is 24.3 Å². The van der Waals surface area contributed by atoms with E-state index in [0.717, 1.165) is 22.3 Å². The molecule has 2 nitrogen and oxygen atoms in total. The van der Waals surface area contributed by atoms with E-state index in [4.69, 9.17) is 0 Å². The minimum Gasteiger partial charge on any atom is -0.374 e. The van der Waals surface area contributed by atoms with Gasteiger partial charge in [-0.25, -0.2) is 0 Å². The van der Waals surface area contributed by atoms with Crippen LogP contribution < -0.4 is 5.32 Å². The van der Waals surface area contributed by atoms with E-state index in [2.05, 4.69) is 38.1 Å². The van der Waals surface area contributed by atoms with Gasteiger partial charge in [-0.1, -0.05) is 27.8 Å². The van der Waals surface area contributed by atoms with Crippen molar-refractivity contribution in [2.24, 2.45) is 0 Å². The first-order valence-corrected chi connectivity index (χ1v) is 6.76. The molecule has 2 aromatic rings. The zero-order chi connectivity index (χ0) is 15.3. The van der Waals surface area contributed by atoms with E-state index in [9.17, 15) is 13.2 Å². The van der Waals surface area contributed by atoms with Crippen LogP contribution >= 0.6 is 15.9 Å². The topological polar surface area (TPSA) is 24.9 Å². The highest BCUT2D eigenvalue weighted by atomic mass is 79.9. The summed E-state index contributed by atoms with van der Waals surface area (Å²) in [6.45, 7) is 0.247. The minimum atomic E-state index is -4.44. The number of rotatable bonds is 2.